The van der Waals surface area contributed by atoms with Crippen molar-refractivity contribution in [3.05, 3.63) is 42.0 Å². The largest absolute Gasteiger partial charge is 0.507 e. The minimum absolute atomic E-state index is 0.0730. The minimum atomic E-state index is -0.617. The maximum absolute atomic E-state index is 10.9. The molecule has 70 valence electrons. The van der Waals surface area contributed by atoms with Gasteiger partial charge in [0.1, 0.15) is 5.75 Å². The summed E-state index contributed by atoms with van der Waals surface area (Å²) in [5.74, 6) is -0.690. The Hall–Kier alpha value is -2.03. The van der Waals surface area contributed by atoms with E-state index < -0.39 is 5.91 Å². The molecule has 0 aliphatic rings. The molecule has 3 heteroatoms. The van der Waals surface area contributed by atoms with Crippen LogP contribution in [0, 0.1) is 0 Å². The number of hydrogen-bond donors (Lipinski definition) is 2. The van der Waals surface area contributed by atoms with E-state index in [4.69, 9.17) is 5.73 Å². The Bertz CT molecular complexity index is 506. The molecule has 0 radical (unpaired) electrons. The Morgan fingerprint density at radius 1 is 1.14 bits per heavy atom. The van der Waals surface area contributed by atoms with Gasteiger partial charge < -0.3 is 10.8 Å². The molecule has 0 aromatic heterocycles. The highest BCUT2D eigenvalue weighted by atomic mass is 16.3. The number of fused-ring (bicyclic) bond motifs is 1. The summed E-state index contributed by atoms with van der Waals surface area (Å²) in [7, 11) is 0. The van der Waals surface area contributed by atoms with Gasteiger partial charge in [0.05, 0.1) is 5.56 Å². The van der Waals surface area contributed by atoms with E-state index in [2.05, 4.69) is 0 Å². The molecule has 3 nitrogen and oxygen atoms in total. The molecule has 0 aliphatic heterocycles. The number of benzene rings is 2. The number of rotatable bonds is 1. The van der Waals surface area contributed by atoms with Gasteiger partial charge in [0, 0.05) is 0 Å². The van der Waals surface area contributed by atoms with Gasteiger partial charge in [-0.1, -0.05) is 24.3 Å². The fourth-order valence-corrected chi connectivity index (χ4v) is 1.43. The van der Waals surface area contributed by atoms with Crippen LogP contribution >= 0.6 is 0 Å². The molecule has 0 saturated heterocycles. The van der Waals surface area contributed by atoms with Crippen LogP contribution in [-0.4, -0.2) is 11.0 Å². The molecule has 0 aliphatic carbocycles. The van der Waals surface area contributed by atoms with Crippen molar-refractivity contribution >= 4 is 16.7 Å². The molecule has 14 heavy (non-hydrogen) atoms. The summed E-state index contributed by atoms with van der Waals surface area (Å²) in [6.07, 6.45) is 0. The molecular weight excluding hydrogens is 179 g/mol. The number of carbonyl (C=O) groups is 1. The maximum Gasteiger partial charge on any atom is 0.252 e. The number of phenols is 1. The lowest BCUT2D eigenvalue weighted by Crippen LogP contribution is -2.10. The smallest absolute Gasteiger partial charge is 0.252 e. The van der Waals surface area contributed by atoms with Gasteiger partial charge >= 0.3 is 0 Å². The van der Waals surface area contributed by atoms with Gasteiger partial charge in [0.15, 0.2) is 0 Å². The van der Waals surface area contributed by atoms with Crippen LogP contribution in [0.4, 0.5) is 0 Å². The summed E-state index contributed by atoms with van der Waals surface area (Å²) in [5.41, 5.74) is 5.26. The highest BCUT2D eigenvalue weighted by Crippen LogP contribution is 2.24. The second kappa shape index (κ2) is 3.03. The normalized spacial score (nSPS) is 10.3. The lowest BCUT2D eigenvalue weighted by molar-refractivity contribution is 0.0998. The van der Waals surface area contributed by atoms with E-state index in [0.717, 1.165) is 10.8 Å². The van der Waals surface area contributed by atoms with E-state index in [1.807, 2.05) is 24.3 Å². The Balaban J connectivity index is 2.77. The number of nitrogens with two attached hydrogens (primary N) is 1. The van der Waals surface area contributed by atoms with E-state index in [-0.39, 0.29) is 11.3 Å². The molecule has 0 fully saturated rings. The standard InChI is InChI=1S/C11H9NO2/c12-11(14)9-5-7-3-1-2-4-8(7)6-10(9)13/h1-6,13H,(H2,12,14)/i10+1. The number of amides is 1. The fourth-order valence-electron chi connectivity index (χ4n) is 1.43. The summed E-state index contributed by atoms with van der Waals surface area (Å²) < 4.78 is 0. The molecular formula is C11H9NO2. The van der Waals surface area contributed by atoms with Crippen molar-refractivity contribution in [2.75, 3.05) is 0 Å². The number of aromatic hydroxyl groups is 1. The number of primary amides is 1. The molecule has 0 heterocycles. The van der Waals surface area contributed by atoms with Crippen LogP contribution < -0.4 is 5.73 Å². The zero-order valence-corrected chi connectivity index (χ0v) is 7.40. The van der Waals surface area contributed by atoms with Gasteiger partial charge in [-0.05, 0) is 22.9 Å². The Labute approximate surface area is 80.8 Å². The molecule has 1 amide bonds. The summed E-state index contributed by atoms with van der Waals surface area (Å²) in [4.78, 5) is 10.9. The number of hydrogen-bond acceptors (Lipinski definition) is 2. The molecule has 0 atom stereocenters. The third kappa shape index (κ3) is 1.29. The quantitative estimate of drug-likeness (QED) is 0.714. The topological polar surface area (TPSA) is 63.3 Å². The van der Waals surface area contributed by atoms with E-state index in [1.165, 1.54) is 6.07 Å². The Kier molecular flexibility index (Phi) is 1.85. The monoisotopic (exact) mass is 188 g/mol. The van der Waals surface area contributed by atoms with E-state index >= 15 is 0 Å². The molecule has 0 spiro atoms. The predicted molar refractivity (Wildman–Crippen MR) is 54.1 cm³/mol. The van der Waals surface area contributed by atoms with Crippen molar-refractivity contribution in [1.29, 1.82) is 0 Å². The van der Waals surface area contributed by atoms with Crippen LogP contribution in [0.25, 0.3) is 10.8 Å². The van der Waals surface area contributed by atoms with Crippen molar-refractivity contribution in [1.82, 2.24) is 0 Å². The molecule has 2 rings (SSSR count). The highest BCUT2D eigenvalue weighted by Gasteiger charge is 2.07. The van der Waals surface area contributed by atoms with Crippen molar-refractivity contribution in [3.8, 4) is 5.75 Å². The van der Waals surface area contributed by atoms with Gasteiger partial charge in [-0.3, -0.25) is 4.79 Å². The zero-order valence-electron chi connectivity index (χ0n) is 7.40. The Morgan fingerprint density at radius 2 is 1.71 bits per heavy atom. The third-order valence-electron chi connectivity index (χ3n) is 2.13. The summed E-state index contributed by atoms with van der Waals surface area (Å²) in [5, 5.41) is 11.3. The maximum atomic E-state index is 10.9. The van der Waals surface area contributed by atoms with Crippen LogP contribution in [0.2, 0.25) is 0 Å². The first-order valence-electron chi connectivity index (χ1n) is 4.20. The molecule has 0 bridgehead atoms. The van der Waals surface area contributed by atoms with Crippen molar-refractivity contribution in [2.45, 2.75) is 0 Å². The minimum Gasteiger partial charge on any atom is -0.507 e. The van der Waals surface area contributed by atoms with Crippen LogP contribution in [0.3, 0.4) is 0 Å². The van der Waals surface area contributed by atoms with Gasteiger partial charge in [-0.15, -0.1) is 0 Å². The predicted octanol–water partition coefficient (Wildman–Crippen LogP) is 1.64. The third-order valence-corrected chi connectivity index (χ3v) is 2.13. The average molecular weight is 188 g/mol. The van der Waals surface area contributed by atoms with Crippen LogP contribution in [0.1, 0.15) is 10.4 Å². The molecule has 3 N–H and O–H groups in total. The SMILES string of the molecule is NC(=O)c1cc2ccccc2c[13c]1O. The van der Waals surface area contributed by atoms with Crippen LogP contribution in [0.15, 0.2) is 36.4 Å². The first kappa shape index (κ1) is 8.56. The lowest BCUT2D eigenvalue weighted by Gasteiger charge is -2.02. The molecule has 2 aromatic carbocycles. The summed E-state index contributed by atoms with van der Waals surface area (Å²) in [6.45, 7) is 0. The Morgan fingerprint density at radius 3 is 2.29 bits per heavy atom. The second-order valence-corrected chi connectivity index (χ2v) is 3.08. The van der Waals surface area contributed by atoms with Crippen molar-refractivity contribution < 1.29 is 9.90 Å². The van der Waals surface area contributed by atoms with Gasteiger partial charge in [-0.25, -0.2) is 0 Å². The fraction of sp³-hybridized carbons (Fsp3) is 0. The van der Waals surface area contributed by atoms with E-state index in [0.29, 0.717) is 0 Å². The number of carbonyl (C=O) groups excluding carboxylic acids is 1. The molecule has 0 unspecified atom stereocenters. The molecule has 0 saturated carbocycles. The summed E-state index contributed by atoms with van der Waals surface area (Å²) >= 11 is 0. The lowest BCUT2D eigenvalue weighted by atomic mass is 10.1. The van der Waals surface area contributed by atoms with Gasteiger partial charge in [0.2, 0.25) is 0 Å². The highest BCUT2D eigenvalue weighted by molar-refractivity contribution is 6.00. The van der Waals surface area contributed by atoms with Crippen molar-refractivity contribution in [3.63, 3.8) is 0 Å². The van der Waals surface area contributed by atoms with E-state index in [1.54, 1.807) is 6.07 Å². The van der Waals surface area contributed by atoms with E-state index in [9.17, 15) is 9.90 Å². The summed E-state index contributed by atoms with van der Waals surface area (Å²) in [6, 6.07) is 10.6. The first-order valence-corrected chi connectivity index (χ1v) is 4.20. The van der Waals surface area contributed by atoms with Crippen LogP contribution in [0.5, 0.6) is 5.75 Å². The van der Waals surface area contributed by atoms with Gasteiger partial charge in [-0.2, -0.15) is 0 Å². The average Bonchev–Trinajstić information content (AvgIpc) is 2.16. The van der Waals surface area contributed by atoms with Crippen LogP contribution in [-0.2, 0) is 0 Å². The van der Waals surface area contributed by atoms with Crippen molar-refractivity contribution in [2.24, 2.45) is 5.73 Å². The zero-order chi connectivity index (χ0) is 10.1. The van der Waals surface area contributed by atoms with Gasteiger partial charge in [0.25, 0.3) is 5.91 Å². The first-order chi connectivity index (χ1) is 6.68. The second-order valence-electron chi connectivity index (χ2n) is 3.08. The molecule has 2 aromatic rings.